The van der Waals surface area contributed by atoms with Crippen LogP contribution in [0.3, 0.4) is 0 Å². The maximum atomic E-state index is 11.5. The number of carbonyl (C=O) groups excluding carboxylic acids is 1. The Hall–Kier alpha value is -1.39. The van der Waals surface area contributed by atoms with Crippen molar-refractivity contribution in [2.24, 2.45) is 0 Å². The van der Waals surface area contributed by atoms with Crippen LogP contribution in [-0.4, -0.2) is 43.2 Å². The number of hydrogen-bond donors (Lipinski definition) is 2. The average molecular weight is 280 g/mol. The molecule has 0 aromatic heterocycles. The highest BCUT2D eigenvalue weighted by atomic mass is 16.5. The third-order valence-electron chi connectivity index (χ3n) is 3.46. The summed E-state index contributed by atoms with van der Waals surface area (Å²) in [6.07, 6.45) is 0.0350. The first-order chi connectivity index (χ1) is 9.60. The number of aliphatic hydroxyl groups excluding tert-OH is 1. The van der Waals surface area contributed by atoms with Crippen LogP contribution in [0, 0.1) is 0 Å². The Morgan fingerprint density at radius 3 is 2.30 bits per heavy atom. The van der Waals surface area contributed by atoms with Gasteiger partial charge in [0.05, 0.1) is 13.1 Å². The first kappa shape index (κ1) is 16.7. The Morgan fingerprint density at radius 2 is 1.80 bits per heavy atom. The lowest BCUT2D eigenvalue weighted by Gasteiger charge is -2.19. The fraction of sp³-hybridized carbons (Fsp3) is 0.562. The number of likely N-dealkylation sites (N-methyl/N-ethyl adjacent to an activating group) is 1. The van der Waals surface area contributed by atoms with Crippen LogP contribution in [0.5, 0.6) is 5.75 Å². The molecule has 2 N–H and O–H groups in total. The van der Waals surface area contributed by atoms with Gasteiger partial charge in [0.25, 0.3) is 0 Å². The number of aliphatic hydroxyl groups is 1. The van der Waals surface area contributed by atoms with Gasteiger partial charge in [0.2, 0.25) is 0 Å². The maximum absolute atomic E-state index is 11.5. The van der Waals surface area contributed by atoms with Crippen LogP contribution in [-0.2, 0) is 0 Å². The van der Waals surface area contributed by atoms with Crippen molar-refractivity contribution in [1.82, 2.24) is 0 Å². The number of hydrogen-bond acceptors (Lipinski definition) is 3. The molecule has 0 saturated heterocycles. The van der Waals surface area contributed by atoms with Gasteiger partial charge in [-0.1, -0.05) is 6.92 Å². The zero-order valence-corrected chi connectivity index (χ0v) is 12.7. The third kappa shape index (κ3) is 5.31. The van der Waals surface area contributed by atoms with Crippen molar-refractivity contribution in [2.75, 3.05) is 26.2 Å². The van der Waals surface area contributed by atoms with Crippen molar-refractivity contribution < 1.29 is 19.5 Å². The maximum Gasteiger partial charge on any atom is 0.162 e. The SMILES string of the molecule is CCC(=O)c1ccc(OC[C@@H](O)C[NH+](CC)CC)cc1. The summed E-state index contributed by atoms with van der Waals surface area (Å²) < 4.78 is 5.55. The molecule has 1 rings (SSSR count). The third-order valence-corrected chi connectivity index (χ3v) is 3.46. The van der Waals surface area contributed by atoms with Gasteiger partial charge in [0, 0.05) is 12.0 Å². The first-order valence-electron chi connectivity index (χ1n) is 7.38. The molecule has 0 aliphatic carbocycles. The molecule has 1 atom stereocenters. The van der Waals surface area contributed by atoms with Gasteiger partial charge < -0.3 is 14.7 Å². The molecule has 0 amide bonds. The molecule has 1 aromatic carbocycles. The van der Waals surface area contributed by atoms with Crippen molar-refractivity contribution in [3.8, 4) is 5.75 Å². The summed E-state index contributed by atoms with van der Waals surface area (Å²) in [5, 5.41) is 9.92. The molecule has 0 radical (unpaired) electrons. The van der Waals surface area contributed by atoms with Gasteiger partial charge in [-0.25, -0.2) is 0 Å². The smallest absolute Gasteiger partial charge is 0.162 e. The van der Waals surface area contributed by atoms with E-state index in [4.69, 9.17) is 4.74 Å². The molecule has 0 saturated carbocycles. The fourth-order valence-electron chi connectivity index (χ4n) is 2.06. The second kappa shape index (κ2) is 8.72. The van der Waals surface area contributed by atoms with E-state index >= 15 is 0 Å². The number of carbonyl (C=O) groups is 1. The summed E-state index contributed by atoms with van der Waals surface area (Å²) in [6, 6.07) is 7.09. The van der Waals surface area contributed by atoms with E-state index in [2.05, 4.69) is 13.8 Å². The highest BCUT2D eigenvalue weighted by Crippen LogP contribution is 2.13. The first-order valence-corrected chi connectivity index (χ1v) is 7.38. The van der Waals surface area contributed by atoms with Crippen LogP contribution in [0.25, 0.3) is 0 Å². The Kier molecular flexibility index (Phi) is 7.26. The Balaban J connectivity index is 2.43. The number of nitrogens with one attached hydrogen (secondary N) is 1. The fourth-order valence-corrected chi connectivity index (χ4v) is 2.06. The molecule has 112 valence electrons. The highest BCUT2D eigenvalue weighted by Gasteiger charge is 2.12. The molecule has 4 heteroatoms. The summed E-state index contributed by atoms with van der Waals surface area (Å²) in [4.78, 5) is 12.8. The number of rotatable bonds is 9. The van der Waals surface area contributed by atoms with E-state index in [1.807, 2.05) is 6.92 Å². The lowest BCUT2D eigenvalue weighted by molar-refractivity contribution is -0.899. The van der Waals surface area contributed by atoms with Crippen LogP contribution in [0.15, 0.2) is 24.3 Å². The molecule has 0 heterocycles. The quantitative estimate of drug-likeness (QED) is 0.662. The van der Waals surface area contributed by atoms with Crippen LogP contribution < -0.4 is 9.64 Å². The summed E-state index contributed by atoms with van der Waals surface area (Å²) >= 11 is 0. The number of benzene rings is 1. The molecular formula is C16H26NO3+. The van der Waals surface area contributed by atoms with Gasteiger partial charge in [0.1, 0.15) is 25.0 Å². The Bertz CT molecular complexity index is 399. The van der Waals surface area contributed by atoms with E-state index in [9.17, 15) is 9.90 Å². The molecular weight excluding hydrogens is 254 g/mol. The van der Waals surface area contributed by atoms with E-state index in [0.29, 0.717) is 24.3 Å². The van der Waals surface area contributed by atoms with Gasteiger partial charge in [-0.3, -0.25) is 4.79 Å². The van der Waals surface area contributed by atoms with E-state index in [1.165, 1.54) is 4.90 Å². The highest BCUT2D eigenvalue weighted by molar-refractivity contribution is 5.95. The summed E-state index contributed by atoms with van der Waals surface area (Å²) in [5.74, 6) is 0.813. The number of quaternary nitrogens is 1. The second-order valence-electron chi connectivity index (χ2n) is 4.93. The van der Waals surface area contributed by atoms with Crippen LogP contribution in [0.1, 0.15) is 37.6 Å². The number of ether oxygens (including phenoxy) is 1. The summed E-state index contributed by atoms with van der Waals surface area (Å²) in [6.45, 7) is 9.04. The molecule has 0 fully saturated rings. The minimum Gasteiger partial charge on any atom is -0.491 e. The van der Waals surface area contributed by atoms with Crippen molar-refractivity contribution in [1.29, 1.82) is 0 Å². The predicted octanol–water partition coefficient (Wildman–Crippen LogP) is 0.944. The van der Waals surface area contributed by atoms with E-state index < -0.39 is 6.10 Å². The normalized spacial score (nSPS) is 12.4. The van der Waals surface area contributed by atoms with Gasteiger partial charge in [-0.05, 0) is 38.1 Å². The molecule has 0 aliphatic rings. The molecule has 1 aromatic rings. The van der Waals surface area contributed by atoms with Crippen molar-refractivity contribution in [3.63, 3.8) is 0 Å². The van der Waals surface area contributed by atoms with E-state index in [1.54, 1.807) is 24.3 Å². The van der Waals surface area contributed by atoms with Crippen LogP contribution in [0.4, 0.5) is 0 Å². The second-order valence-corrected chi connectivity index (χ2v) is 4.93. The molecule has 20 heavy (non-hydrogen) atoms. The summed E-state index contributed by atoms with van der Waals surface area (Å²) in [5.41, 5.74) is 0.702. The van der Waals surface area contributed by atoms with Gasteiger partial charge in [-0.2, -0.15) is 0 Å². The molecule has 0 unspecified atom stereocenters. The van der Waals surface area contributed by atoms with Gasteiger partial charge >= 0.3 is 0 Å². The monoisotopic (exact) mass is 280 g/mol. The Morgan fingerprint density at radius 1 is 1.20 bits per heavy atom. The van der Waals surface area contributed by atoms with Gasteiger partial charge in [-0.15, -0.1) is 0 Å². The number of ketones is 1. The van der Waals surface area contributed by atoms with Crippen LogP contribution in [0.2, 0.25) is 0 Å². The van der Waals surface area contributed by atoms with Crippen molar-refractivity contribution >= 4 is 5.78 Å². The van der Waals surface area contributed by atoms with Crippen molar-refractivity contribution in [3.05, 3.63) is 29.8 Å². The van der Waals surface area contributed by atoms with Crippen LogP contribution >= 0.6 is 0 Å². The lowest BCUT2D eigenvalue weighted by Crippen LogP contribution is -3.12. The van der Waals surface area contributed by atoms with E-state index in [0.717, 1.165) is 13.1 Å². The molecule has 4 nitrogen and oxygen atoms in total. The number of Topliss-reactive ketones (excluding diaryl/α,β-unsaturated/α-hetero) is 1. The zero-order valence-electron chi connectivity index (χ0n) is 12.7. The minimum atomic E-state index is -0.471. The minimum absolute atomic E-state index is 0.127. The Labute approximate surface area is 121 Å². The van der Waals surface area contributed by atoms with Gasteiger partial charge in [0.15, 0.2) is 5.78 Å². The largest absolute Gasteiger partial charge is 0.491 e. The van der Waals surface area contributed by atoms with E-state index in [-0.39, 0.29) is 12.4 Å². The topological polar surface area (TPSA) is 51.0 Å². The standard InChI is InChI=1S/C16H25NO3/c1-4-16(19)13-7-9-15(10-8-13)20-12-14(18)11-17(5-2)6-3/h7-10,14,18H,4-6,11-12H2,1-3H3/p+1/t14-/m0/s1. The summed E-state index contributed by atoms with van der Waals surface area (Å²) in [7, 11) is 0. The lowest BCUT2D eigenvalue weighted by atomic mass is 10.1. The molecule has 0 spiro atoms. The molecule has 0 aliphatic heterocycles. The average Bonchev–Trinajstić information content (AvgIpc) is 2.50. The molecule has 0 bridgehead atoms. The van der Waals surface area contributed by atoms with Crippen molar-refractivity contribution in [2.45, 2.75) is 33.3 Å². The zero-order chi connectivity index (χ0) is 15.0. The predicted molar refractivity (Wildman–Crippen MR) is 79.5 cm³/mol.